The van der Waals surface area contributed by atoms with E-state index in [1.807, 2.05) is 13.8 Å². The van der Waals surface area contributed by atoms with Crippen LogP contribution < -0.4 is 5.32 Å². The van der Waals surface area contributed by atoms with Gasteiger partial charge in [0.15, 0.2) is 0 Å². The normalized spacial score (nSPS) is 32.7. The summed E-state index contributed by atoms with van der Waals surface area (Å²) >= 11 is 0. The number of fused-ring (bicyclic) bond motifs is 1. The second-order valence-corrected chi connectivity index (χ2v) is 6.85. The fraction of sp³-hybridized carbons (Fsp3) is 0.933. The summed E-state index contributed by atoms with van der Waals surface area (Å²) in [5.41, 5.74) is -0.486. The van der Waals surface area contributed by atoms with Crippen molar-refractivity contribution >= 4 is 5.91 Å². The summed E-state index contributed by atoms with van der Waals surface area (Å²) in [6.45, 7) is 3.74. The third-order valence-electron chi connectivity index (χ3n) is 4.77. The van der Waals surface area contributed by atoms with Gasteiger partial charge in [0.2, 0.25) is 5.91 Å². The van der Waals surface area contributed by atoms with E-state index in [0.717, 1.165) is 24.7 Å². The molecule has 2 aliphatic rings. The fourth-order valence-electron chi connectivity index (χ4n) is 3.59. The predicted molar refractivity (Wildman–Crippen MR) is 72.1 cm³/mol. The van der Waals surface area contributed by atoms with E-state index in [0.29, 0.717) is 0 Å². The molecule has 3 heteroatoms. The van der Waals surface area contributed by atoms with E-state index < -0.39 is 5.54 Å². The Kier molecular flexibility index (Phi) is 4.31. The highest BCUT2D eigenvalue weighted by Crippen LogP contribution is 2.42. The van der Waals surface area contributed by atoms with Gasteiger partial charge in [-0.2, -0.15) is 0 Å². The van der Waals surface area contributed by atoms with Crippen molar-refractivity contribution in [2.24, 2.45) is 17.8 Å². The molecule has 3 unspecified atom stereocenters. The Labute approximate surface area is 110 Å². The molecule has 0 heterocycles. The number of aliphatic hydroxyl groups is 1. The summed E-state index contributed by atoms with van der Waals surface area (Å²) in [5, 5.41) is 12.2. The van der Waals surface area contributed by atoms with Gasteiger partial charge in [0.1, 0.15) is 0 Å². The number of aliphatic hydroxyl groups excluding tert-OH is 1. The number of nitrogens with one attached hydrogen (secondary N) is 1. The lowest BCUT2D eigenvalue weighted by Crippen LogP contribution is -2.49. The summed E-state index contributed by atoms with van der Waals surface area (Å²) in [6, 6.07) is 0. The molecule has 1 amide bonds. The summed E-state index contributed by atoms with van der Waals surface area (Å²) in [4.78, 5) is 12.2. The number of hydrogen-bond donors (Lipinski definition) is 2. The van der Waals surface area contributed by atoms with E-state index in [1.54, 1.807) is 0 Å². The molecule has 2 rings (SSSR count). The van der Waals surface area contributed by atoms with Crippen LogP contribution in [0.2, 0.25) is 0 Å². The molecule has 0 aromatic carbocycles. The van der Waals surface area contributed by atoms with Crippen molar-refractivity contribution < 1.29 is 9.90 Å². The SMILES string of the molecule is CC(C)(CO)NC(=O)C1CCC2CCCCC2C1. The van der Waals surface area contributed by atoms with E-state index in [4.69, 9.17) is 0 Å². The van der Waals surface area contributed by atoms with Crippen molar-refractivity contribution in [1.82, 2.24) is 5.32 Å². The number of carbonyl (C=O) groups excluding carboxylic acids is 1. The lowest BCUT2D eigenvalue weighted by Gasteiger charge is -2.39. The molecule has 18 heavy (non-hydrogen) atoms. The monoisotopic (exact) mass is 253 g/mol. The van der Waals surface area contributed by atoms with E-state index in [2.05, 4.69) is 5.32 Å². The molecule has 3 atom stereocenters. The second-order valence-electron chi connectivity index (χ2n) is 6.85. The zero-order chi connectivity index (χ0) is 13.2. The Morgan fingerprint density at radius 3 is 2.50 bits per heavy atom. The zero-order valence-electron chi connectivity index (χ0n) is 11.7. The Morgan fingerprint density at radius 1 is 1.17 bits per heavy atom. The van der Waals surface area contributed by atoms with Gasteiger partial charge >= 0.3 is 0 Å². The van der Waals surface area contributed by atoms with Crippen molar-refractivity contribution in [3.05, 3.63) is 0 Å². The third kappa shape index (κ3) is 3.25. The van der Waals surface area contributed by atoms with Crippen LogP contribution in [0.5, 0.6) is 0 Å². The molecule has 104 valence electrons. The lowest BCUT2D eigenvalue weighted by molar-refractivity contribution is -0.129. The van der Waals surface area contributed by atoms with Crippen molar-refractivity contribution in [2.45, 2.75) is 64.3 Å². The van der Waals surface area contributed by atoms with Crippen molar-refractivity contribution in [2.75, 3.05) is 6.61 Å². The average molecular weight is 253 g/mol. The molecule has 0 radical (unpaired) electrons. The van der Waals surface area contributed by atoms with Crippen LogP contribution in [0.15, 0.2) is 0 Å². The minimum absolute atomic E-state index is 0.00247. The highest BCUT2D eigenvalue weighted by atomic mass is 16.3. The topological polar surface area (TPSA) is 49.3 Å². The Balaban J connectivity index is 1.88. The van der Waals surface area contributed by atoms with Crippen LogP contribution >= 0.6 is 0 Å². The number of hydrogen-bond acceptors (Lipinski definition) is 2. The van der Waals surface area contributed by atoms with Crippen molar-refractivity contribution in [3.63, 3.8) is 0 Å². The summed E-state index contributed by atoms with van der Waals surface area (Å²) in [5.74, 6) is 1.99. The second kappa shape index (κ2) is 5.60. The van der Waals surface area contributed by atoms with Gasteiger partial charge < -0.3 is 10.4 Å². The summed E-state index contributed by atoms with van der Waals surface area (Å²) in [7, 11) is 0. The molecule has 0 aromatic heterocycles. The van der Waals surface area contributed by atoms with Crippen LogP contribution in [0.1, 0.15) is 58.8 Å². The quantitative estimate of drug-likeness (QED) is 0.812. The summed E-state index contributed by atoms with van der Waals surface area (Å²) in [6.07, 6.45) is 8.75. The third-order valence-corrected chi connectivity index (χ3v) is 4.77. The maximum Gasteiger partial charge on any atom is 0.223 e. The minimum atomic E-state index is -0.486. The van der Waals surface area contributed by atoms with Gasteiger partial charge in [0, 0.05) is 5.92 Å². The van der Waals surface area contributed by atoms with Crippen LogP contribution in [0.25, 0.3) is 0 Å². The smallest absolute Gasteiger partial charge is 0.223 e. The maximum atomic E-state index is 12.2. The highest BCUT2D eigenvalue weighted by molar-refractivity contribution is 5.79. The first-order valence-corrected chi connectivity index (χ1v) is 7.45. The Bertz CT molecular complexity index is 301. The minimum Gasteiger partial charge on any atom is -0.394 e. The van der Waals surface area contributed by atoms with E-state index in [-0.39, 0.29) is 18.4 Å². The molecule has 2 N–H and O–H groups in total. The van der Waals surface area contributed by atoms with Gasteiger partial charge in [-0.25, -0.2) is 0 Å². The Hall–Kier alpha value is -0.570. The van der Waals surface area contributed by atoms with Gasteiger partial charge in [-0.3, -0.25) is 4.79 Å². The summed E-state index contributed by atoms with van der Waals surface area (Å²) < 4.78 is 0. The predicted octanol–water partition coefficient (Wildman–Crippen LogP) is 2.48. The first-order valence-electron chi connectivity index (χ1n) is 7.45. The van der Waals surface area contributed by atoms with Crippen LogP contribution in [0.4, 0.5) is 0 Å². The van der Waals surface area contributed by atoms with Crippen LogP contribution in [-0.4, -0.2) is 23.2 Å². The highest BCUT2D eigenvalue weighted by Gasteiger charge is 2.36. The molecule has 0 bridgehead atoms. The number of amides is 1. The maximum absolute atomic E-state index is 12.2. The van der Waals surface area contributed by atoms with Crippen molar-refractivity contribution in [3.8, 4) is 0 Å². The molecule has 0 saturated heterocycles. The molecule has 0 aliphatic heterocycles. The molecular formula is C15H27NO2. The van der Waals surface area contributed by atoms with Gasteiger partial charge in [0.05, 0.1) is 12.1 Å². The van der Waals surface area contributed by atoms with E-state index >= 15 is 0 Å². The van der Waals surface area contributed by atoms with Gasteiger partial charge in [-0.05, 0) is 44.9 Å². The molecule has 2 aliphatic carbocycles. The standard InChI is InChI=1S/C15H27NO2/c1-15(2,10-17)16-14(18)13-8-7-11-5-3-4-6-12(11)9-13/h11-13,17H,3-10H2,1-2H3,(H,16,18). The fourth-order valence-corrected chi connectivity index (χ4v) is 3.59. The lowest BCUT2D eigenvalue weighted by atomic mass is 9.67. The molecule has 3 nitrogen and oxygen atoms in total. The number of rotatable bonds is 3. The van der Waals surface area contributed by atoms with Crippen LogP contribution in [0.3, 0.4) is 0 Å². The van der Waals surface area contributed by atoms with E-state index in [1.165, 1.54) is 32.1 Å². The van der Waals surface area contributed by atoms with Crippen LogP contribution in [0, 0.1) is 17.8 Å². The molecule has 2 saturated carbocycles. The molecular weight excluding hydrogens is 226 g/mol. The van der Waals surface area contributed by atoms with Gasteiger partial charge in [0.25, 0.3) is 0 Å². The molecule has 0 aromatic rings. The van der Waals surface area contributed by atoms with Gasteiger partial charge in [-0.15, -0.1) is 0 Å². The molecule has 2 fully saturated rings. The number of carbonyl (C=O) groups is 1. The van der Waals surface area contributed by atoms with E-state index in [9.17, 15) is 9.90 Å². The first-order chi connectivity index (χ1) is 8.52. The largest absolute Gasteiger partial charge is 0.394 e. The van der Waals surface area contributed by atoms with Gasteiger partial charge in [-0.1, -0.05) is 25.7 Å². The first kappa shape index (κ1) is 13.9. The molecule has 0 spiro atoms. The average Bonchev–Trinajstić information content (AvgIpc) is 2.37. The van der Waals surface area contributed by atoms with Crippen LogP contribution in [-0.2, 0) is 4.79 Å². The Morgan fingerprint density at radius 2 is 1.83 bits per heavy atom. The van der Waals surface area contributed by atoms with Crippen molar-refractivity contribution in [1.29, 1.82) is 0 Å². The zero-order valence-corrected chi connectivity index (χ0v) is 11.7.